The molecule has 0 aromatic heterocycles. The van der Waals surface area contributed by atoms with Crippen LogP contribution in [-0.2, 0) is 4.74 Å². The first kappa shape index (κ1) is 13.7. The Hall–Kier alpha value is 0.260. The van der Waals surface area contributed by atoms with Crippen LogP contribution >= 0.6 is 27.7 Å². The number of alkyl halides is 1. The van der Waals surface area contributed by atoms with Crippen LogP contribution in [0.1, 0.15) is 19.8 Å². The van der Waals surface area contributed by atoms with Gasteiger partial charge in [0.05, 0.1) is 13.2 Å². The van der Waals surface area contributed by atoms with E-state index in [4.69, 9.17) is 9.73 Å². The van der Waals surface area contributed by atoms with E-state index in [0.717, 1.165) is 30.9 Å². The smallest absolute Gasteiger partial charge is 0.159 e. The molecule has 5 heteroatoms. The van der Waals surface area contributed by atoms with Crippen molar-refractivity contribution in [3.63, 3.8) is 0 Å². The molecule has 2 rings (SSSR count). The van der Waals surface area contributed by atoms with Crippen LogP contribution in [0, 0.1) is 5.92 Å². The summed E-state index contributed by atoms with van der Waals surface area (Å²) in [7, 11) is 1.77. The minimum absolute atomic E-state index is 0.612. The van der Waals surface area contributed by atoms with Gasteiger partial charge in [-0.25, -0.2) is 0 Å². The standard InChI is InChI=1S/C12H21BrN2OS/c1-9(10-3-4-10)15(5-6-16-2)12-14-8-11(7-13)17-12/h9-11H,3-8H2,1-2H3. The van der Waals surface area contributed by atoms with Crippen molar-refractivity contribution < 1.29 is 4.74 Å². The number of methoxy groups -OCH3 is 1. The number of amidine groups is 1. The van der Waals surface area contributed by atoms with Crippen LogP contribution in [0.25, 0.3) is 0 Å². The van der Waals surface area contributed by atoms with Crippen LogP contribution < -0.4 is 0 Å². The Kier molecular flexibility index (Phi) is 5.18. The fraction of sp³-hybridized carbons (Fsp3) is 0.917. The predicted molar refractivity (Wildman–Crippen MR) is 78.2 cm³/mol. The number of hydrogen-bond acceptors (Lipinski definition) is 4. The number of rotatable bonds is 6. The highest BCUT2D eigenvalue weighted by molar-refractivity contribution is 9.09. The van der Waals surface area contributed by atoms with Gasteiger partial charge in [-0.1, -0.05) is 27.7 Å². The van der Waals surface area contributed by atoms with E-state index in [2.05, 4.69) is 27.8 Å². The molecular formula is C12H21BrN2OS. The van der Waals surface area contributed by atoms with Gasteiger partial charge in [0.15, 0.2) is 5.17 Å². The van der Waals surface area contributed by atoms with Crippen LogP contribution in [0.3, 0.4) is 0 Å². The molecule has 0 spiro atoms. The molecule has 0 radical (unpaired) electrons. The van der Waals surface area contributed by atoms with E-state index in [1.165, 1.54) is 18.0 Å². The van der Waals surface area contributed by atoms with Gasteiger partial charge in [-0.2, -0.15) is 0 Å². The van der Waals surface area contributed by atoms with Crippen LogP contribution in [-0.4, -0.2) is 53.5 Å². The Bertz CT molecular complexity index is 284. The molecule has 1 saturated carbocycles. The summed E-state index contributed by atoms with van der Waals surface area (Å²) < 4.78 is 5.22. The van der Waals surface area contributed by atoms with Gasteiger partial charge in [0.1, 0.15) is 0 Å². The summed E-state index contributed by atoms with van der Waals surface area (Å²) in [5, 5.41) is 2.87. The molecular weight excluding hydrogens is 300 g/mol. The molecule has 2 unspecified atom stereocenters. The third-order valence-corrected chi connectivity index (χ3v) is 5.89. The van der Waals surface area contributed by atoms with E-state index in [1.807, 2.05) is 11.8 Å². The quantitative estimate of drug-likeness (QED) is 0.703. The Balaban J connectivity index is 1.94. The fourth-order valence-electron chi connectivity index (χ4n) is 2.14. The third kappa shape index (κ3) is 3.61. The minimum Gasteiger partial charge on any atom is -0.383 e. The molecule has 0 aromatic carbocycles. The highest BCUT2D eigenvalue weighted by Gasteiger charge is 2.35. The second-order valence-electron chi connectivity index (χ2n) is 4.78. The van der Waals surface area contributed by atoms with Crippen molar-refractivity contribution in [1.82, 2.24) is 4.90 Å². The summed E-state index contributed by atoms with van der Waals surface area (Å²) >= 11 is 5.46. The molecule has 1 aliphatic heterocycles. The maximum Gasteiger partial charge on any atom is 0.159 e. The molecule has 0 saturated heterocycles. The lowest BCUT2D eigenvalue weighted by molar-refractivity contribution is 0.161. The van der Waals surface area contributed by atoms with Gasteiger partial charge < -0.3 is 9.64 Å². The molecule has 3 nitrogen and oxygen atoms in total. The predicted octanol–water partition coefficient (Wildman–Crippen LogP) is 2.60. The Morgan fingerprint density at radius 1 is 1.59 bits per heavy atom. The highest BCUT2D eigenvalue weighted by atomic mass is 79.9. The lowest BCUT2D eigenvalue weighted by Gasteiger charge is -2.30. The van der Waals surface area contributed by atoms with E-state index < -0.39 is 0 Å². The Labute approximate surface area is 117 Å². The van der Waals surface area contributed by atoms with Crippen molar-refractivity contribution >= 4 is 32.9 Å². The van der Waals surface area contributed by atoms with Crippen molar-refractivity contribution in [3.8, 4) is 0 Å². The summed E-state index contributed by atoms with van der Waals surface area (Å²) in [6, 6.07) is 0.616. The topological polar surface area (TPSA) is 24.8 Å². The summed E-state index contributed by atoms with van der Waals surface area (Å²) in [6.45, 7) is 5.04. The number of hydrogen-bond donors (Lipinski definition) is 0. The molecule has 2 atom stereocenters. The molecule has 0 amide bonds. The highest BCUT2D eigenvalue weighted by Crippen LogP contribution is 2.37. The van der Waals surface area contributed by atoms with Crippen LogP contribution in [0.4, 0.5) is 0 Å². The average Bonchev–Trinajstić information content (AvgIpc) is 3.09. The minimum atomic E-state index is 0.612. The first-order valence-corrected chi connectivity index (χ1v) is 8.29. The maximum atomic E-state index is 5.22. The number of aliphatic imine (C=N–C) groups is 1. The zero-order chi connectivity index (χ0) is 12.3. The number of thioether (sulfide) groups is 1. The zero-order valence-electron chi connectivity index (χ0n) is 10.6. The van der Waals surface area contributed by atoms with Gasteiger partial charge in [0.25, 0.3) is 0 Å². The zero-order valence-corrected chi connectivity index (χ0v) is 13.0. The molecule has 1 aliphatic carbocycles. The van der Waals surface area contributed by atoms with Gasteiger partial charge in [0.2, 0.25) is 0 Å². The van der Waals surface area contributed by atoms with Crippen LogP contribution in [0.5, 0.6) is 0 Å². The number of ether oxygens (including phenoxy) is 1. The summed E-state index contributed by atoms with van der Waals surface area (Å²) in [5.74, 6) is 0.873. The van der Waals surface area contributed by atoms with E-state index in [-0.39, 0.29) is 0 Å². The molecule has 1 heterocycles. The number of halogens is 1. The first-order chi connectivity index (χ1) is 8.26. The van der Waals surface area contributed by atoms with Crippen molar-refractivity contribution in [1.29, 1.82) is 0 Å². The third-order valence-electron chi connectivity index (χ3n) is 3.45. The van der Waals surface area contributed by atoms with Crippen molar-refractivity contribution in [2.24, 2.45) is 10.9 Å². The number of nitrogens with zero attached hydrogens (tertiary/aromatic N) is 2. The summed E-state index contributed by atoms with van der Waals surface area (Å²) in [6.07, 6.45) is 2.76. The van der Waals surface area contributed by atoms with E-state index in [9.17, 15) is 0 Å². The van der Waals surface area contributed by atoms with E-state index in [1.54, 1.807) is 7.11 Å². The van der Waals surface area contributed by atoms with Gasteiger partial charge >= 0.3 is 0 Å². The lowest BCUT2D eigenvalue weighted by Crippen LogP contribution is -2.40. The molecule has 17 heavy (non-hydrogen) atoms. The normalized spacial score (nSPS) is 25.8. The van der Waals surface area contributed by atoms with Crippen molar-refractivity contribution in [3.05, 3.63) is 0 Å². The average molecular weight is 321 g/mol. The second-order valence-corrected chi connectivity index (χ2v) is 6.70. The molecule has 0 bridgehead atoms. The van der Waals surface area contributed by atoms with E-state index in [0.29, 0.717) is 11.3 Å². The summed E-state index contributed by atoms with van der Waals surface area (Å²) in [4.78, 5) is 7.15. The largest absolute Gasteiger partial charge is 0.383 e. The SMILES string of the molecule is COCCN(C1=NCC(CBr)S1)C(C)C1CC1. The Morgan fingerprint density at radius 3 is 2.88 bits per heavy atom. The molecule has 1 fully saturated rings. The van der Waals surface area contributed by atoms with Crippen molar-refractivity contribution in [2.75, 3.05) is 32.1 Å². The van der Waals surface area contributed by atoms with Gasteiger partial charge in [-0.3, -0.25) is 4.99 Å². The monoisotopic (exact) mass is 320 g/mol. The lowest BCUT2D eigenvalue weighted by atomic mass is 10.2. The van der Waals surface area contributed by atoms with Crippen molar-refractivity contribution in [2.45, 2.75) is 31.1 Å². The van der Waals surface area contributed by atoms with Gasteiger partial charge in [0, 0.05) is 30.3 Å². The van der Waals surface area contributed by atoms with Gasteiger partial charge in [-0.15, -0.1) is 0 Å². The second kappa shape index (κ2) is 6.43. The fourth-order valence-corrected chi connectivity index (χ4v) is 3.79. The van der Waals surface area contributed by atoms with Crippen LogP contribution in [0.2, 0.25) is 0 Å². The molecule has 0 N–H and O–H groups in total. The molecule has 0 aromatic rings. The van der Waals surface area contributed by atoms with Crippen LogP contribution in [0.15, 0.2) is 4.99 Å². The Morgan fingerprint density at radius 2 is 2.35 bits per heavy atom. The van der Waals surface area contributed by atoms with E-state index >= 15 is 0 Å². The first-order valence-electron chi connectivity index (χ1n) is 6.29. The summed E-state index contributed by atoms with van der Waals surface area (Å²) in [5.41, 5.74) is 0. The van der Waals surface area contributed by atoms with Gasteiger partial charge in [-0.05, 0) is 25.7 Å². The molecule has 2 aliphatic rings. The molecule has 98 valence electrons. The maximum absolute atomic E-state index is 5.22.